The van der Waals surface area contributed by atoms with Crippen molar-refractivity contribution >= 4 is 9.84 Å². The zero-order valence-electron chi connectivity index (χ0n) is 11.6. The molecule has 0 aliphatic heterocycles. The normalized spacial score (nSPS) is 15.3. The second-order valence-electron chi connectivity index (χ2n) is 4.56. The van der Waals surface area contributed by atoms with Crippen molar-refractivity contribution in [2.24, 2.45) is 0 Å². The van der Waals surface area contributed by atoms with Crippen LogP contribution in [-0.4, -0.2) is 27.3 Å². The van der Waals surface area contributed by atoms with Crippen molar-refractivity contribution in [2.45, 2.75) is 44.0 Å². The molecule has 0 radical (unpaired) electrons. The predicted octanol–water partition coefficient (Wildman–Crippen LogP) is 2.58. The van der Waals surface area contributed by atoms with Gasteiger partial charge in [0.25, 0.3) is 0 Å². The molecule has 1 aromatic rings. The first-order valence-corrected chi connectivity index (χ1v) is 8.11. The number of benzene rings is 1. The van der Waals surface area contributed by atoms with Crippen LogP contribution in [-0.2, 0) is 9.84 Å². The summed E-state index contributed by atoms with van der Waals surface area (Å²) in [4.78, 5) is 0.417. The van der Waals surface area contributed by atoms with E-state index >= 15 is 0 Å². The van der Waals surface area contributed by atoms with Crippen LogP contribution in [0, 0.1) is 0 Å². The van der Waals surface area contributed by atoms with Crippen molar-refractivity contribution in [3.63, 3.8) is 0 Å². The van der Waals surface area contributed by atoms with Gasteiger partial charge in [0, 0.05) is 6.04 Å². The lowest BCUT2D eigenvalue weighted by Crippen LogP contribution is -2.28. The summed E-state index contributed by atoms with van der Waals surface area (Å²) < 4.78 is 23.5. The lowest BCUT2D eigenvalue weighted by molar-refractivity contribution is 0.483. The minimum Gasteiger partial charge on any atom is -0.317 e. The van der Waals surface area contributed by atoms with Gasteiger partial charge in [-0.1, -0.05) is 26.0 Å². The fraction of sp³-hybridized carbons (Fsp3) is 0.571. The molecule has 0 aromatic heterocycles. The molecule has 4 heteroatoms. The Kier molecular flexibility index (Phi) is 5.35. The summed E-state index contributed by atoms with van der Waals surface area (Å²) in [5.41, 5.74) is 1.19. The Hall–Kier alpha value is -0.870. The van der Waals surface area contributed by atoms with E-state index in [1.54, 1.807) is 19.1 Å². The van der Waals surface area contributed by atoms with Crippen LogP contribution in [0.2, 0.25) is 0 Å². The third kappa shape index (κ3) is 3.33. The number of hydrogen-bond acceptors (Lipinski definition) is 3. The highest BCUT2D eigenvalue weighted by molar-refractivity contribution is 7.91. The van der Waals surface area contributed by atoms with Crippen molar-refractivity contribution in [1.82, 2.24) is 5.32 Å². The van der Waals surface area contributed by atoms with Crippen LogP contribution < -0.4 is 5.32 Å². The van der Waals surface area contributed by atoms with E-state index in [1.807, 2.05) is 19.2 Å². The molecule has 0 bridgehead atoms. The summed E-state index contributed by atoms with van der Waals surface area (Å²) in [6.45, 7) is 5.96. The molecule has 2 atom stereocenters. The largest absolute Gasteiger partial charge is 0.317 e. The van der Waals surface area contributed by atoms with Gasteiger partial charge in [-0.2, -0.15) is 0 Å². The van der Waals surface area contributed by atoms with E-state index < -0.39 is 9.84 Å². The van der Waals surface area contributed by atoms with Crippen LogP contribution in [0.3, 0.4) is 0 Å². The van der Waals surface area contributed by atoms with Gasteiger partial charge in [-0.05, 0) is 44.0 Å². The summed E-state index contributed by atoms with van der Waals surface area (Å²) in [7, 11) is -1.14. The van der Waals surface area contributed by atoms with E-state index in [9.17, 15) is 8.42 Å². The predicted molar refractivity (Wildman–Crippen MR) is 75.7 cm³/mol. The summed E-state index contributed by atoms with van der Waals surface area (Å²) in [5.74, 6) is 0.560. The van der Waals surface area contributed by atoms with Gasteiger partial charge in [0.1, 0.15) is 0 Å². The molecule has 0 heterocycles. The van der Waals surface area contributed by atoms with E-state index in [0.717, 1.165) is 6.42 Å². The zero-order chi connectivity index (χ0) is 13.8. The Morgan fingerprint density at radius 1 is 1.17 bits per heavy atom. The second kappa shape index (κ2) is 6.34. The topological polar surface area (TPSA) is 46.2 Å². The highest BCUT2D eigenvalue weighted by Gasteiger charge is 2.17. The highest BCUT2D eigenvalue weighted by atomic mass is 32.2. The Labute approximate surface area is 111 Å². The van der Waals surface area contributed by atoms with Gasteiger partial charge in [0.05, 0.1) is 10.6 Å². The molecule has 1 aromatic carbocycles. The lowest BCUT2D eigenvalue weighted by atomic mass is 9.90. The standard InChI is InChI=1S/C14H23NO2S/c1-5-14(11(3)15-4)12-7-9-13(10-8-12)18(16,17)6-2/h7-11,14-15H,5-6H2,1-4H3. The van der Waals surface area contributed by atoms with Crippen molar-refractivity contribution in [2.75, 3.05) is 12.8 Å². The average Bonchev–Trinajstić information content (AvgIpc) is 2.40. The Bertz CT molecular complexity index is 465. The SMILES string of the molecule is CCC(c1ccc(S(=O)(=O)CC)cc1)C(C)NC. The Balaban J connectivity index is 3.02. The molecule has 2 unspecified atom stereocenters. The number of nitrogens with one attached hydrogen (secondary N) is 1. The molecule has 1 rings (SSSR count). The maximum atomic E-state index is 11.7. The van der Waals surface area contributed by atoms with Gasteiger partial charge >= 0.3 is 0 Å². The third-order valence-electron chi connectivity index (χ3n) is 3.55. The average molecular weight is 269 g/mol. The lowest BCUT2D eigenvalue weighted by Gasteiger charge is -2.22. The molecule has 0 saturated carbocycles. The highest BCUT2D eigenvalue weighted by Crippen LogP contribution is 2.24. The molecule has 102 valence electrons. The minimum atomic E-state index is -3.09. The van der Waals surface area contributed by atoms with Crippen molar-refractivity contribution < 1.29 is 8.42 Å². The quantitative estimate of drug-likeness (QED) is 0.863. The van der Waals surface area contributed by atoms with Crippen LogP contribution in [0.4, 0.5) is 0 Å². The molecular formula is C14H23NO2S. The van der Waals surface area contributed by atoms with E-state index in [4.69, 9.17) is 0 Å². The molecule has 0 saturated heterocycles. The van der Waals surface area contributed by atoms with Crippen LogP contribution in [0.1, 0.15) is 38.7 Å². The number of sulfone groups is 1. The molecule has 1 N–H and O–H groups in total. The van der Waals surface area contributed by atoms with Gasteiger partial charge in [-0.25, -0.2) is 8.42 Å². The van der Waals surface area contributed by atoms with Crippen molar-refractivity contribution in [3.8, 4) is 0 Å². The van der Waals surface area contributed by atoms with Crippen LogP contribution in [0.15, 0.2) is 29.2 Å². The first-order valence-electron chi connectivity index (χ1n) is 6.46. The smallest absolute Gasteiger partial charge is 0.178 e. The number of hydrogen-bond donors (Lipinski definition) is 1. The second-order valence-corrected chi connectivity index (χ2v) is 6.84. The summed E-state index contributed by atoms with van der Waals surface area (Å²) in [6.07, 6.45) is 1.03. The number of likely N-dealkylation sites (N-methyl/N-ethyl adjacent to an activating group) is 1. The summed E-state index contributed by atoms with van der Waals surface area (Å²) >= 11 is 0. The zero-order valence-corrected chi connectivity index (χ0v) is 12.4. The van der Waals surface area contributed by atoms with Gasteiger partial charge < -0.3 is 5.32 Å². The van der Waals surface area contributed by atoms with E-state index in [1.165, 1.54) is 5.56 Å². The van der Waals surface area contributed by atoms with Gasteiger partial charge in [-0.15, -0.1) is 0 Å². The van der Waals surface area contributed by atoms with Crippen LogP contribution in [0.25, 0.3) is 0 Å². The molecule has 0 amide bonds. The maximum absolute atomic E-state index is 11.7. The molecular weight excluding hydrogens is 246 g/mol. The summed E-state index contributed by atoms with van der Waals surface area (Å²) in [5, 5.41) is 3.25. The van der Waals surface area contributed by atoms with E-state index in [2.05, 4.69) is 19.2 Å². The fourth-order valence-corrected chi connectivity index (χ4v) is 3.05. The molecule has 0 spiro atoms. The Morgan fingerprint density at radius 2 is 1.72 bits per heavy atom. The van der Waals surface area contributed by atoms with Gasteiger partial charge in [0.2, 0.25) is 0 Å². The maximum Gasteiger partial charge on any atom is 0.178 e. The minimum absolute atomic E-state index is 0.149. The van der Waals surface area contributed by atoms with E-state index in [0.29, 0.717) is 16.9 Å². The molecule has 18 heavy (non-hydrogen) atoms. The summed E-state index contributed by atoms with van der Waals surface area (Å²) in [6, 6.07) is 7.69. The monoisotopic (exact) mass is 269 g/mol. The molecule has 0 fully saturated rings. The van der Waals surface area contributed by atoms with Crippen LogP contribution >= 0.6 is 0 Å². The fourth-order valence-electron chi connectivity index (χ4n) is 2.17. The Morgan fingerprint density at radius 3 is 2.11 bits per heavy atom. The van der Waals surface area contributed by atoms with Gasteiger partial charge in [-0.3, -0.25) is 0 Å². The van der Waals surface area contributed by atoms with Gasteiger partial charge in [0.15, 0.2) is 9.84 Å². The first-order chi connectivity index (χ1) is 8.46. The molecule has 0 aliphatic rings. The van der Waals surface area contributed by atoms with Crippen molar-refractivity contribution in [1.29, 1.82) is 0 Å². The molecule has 0 aliphatic carbocycles. The van der Waals surface area contributed by atoms with E-state index in [-0.39, 0.29) is 5.75 Å². The molecule has 3 nitrogen and oxygen atoms in total. The third-order valence-corrected chi connectivity index (χ3v) is 5.30. The van der Waals surface area contributed by atoms with Crippen LogP contribution in [0.5, 0.6) is 0 Å². The number of rotatable bonds is 6. The first kappa shape index (κ1) is 15.2. The van der Waals surface area contributed by atoms with Crippen molar-refractivity contribution in [3.05, 3.63) is 29.8 Å².